The molecule has 3 aromatic rings. The maximum Gasteiger partial charge on any atom is -0.00642 e. The van der Waals surface area contributed by atoms with E-state index in [4.69, 9.17) is 0 Å². The van der Waals surface area contributed by atoms with Gasteiger partial charge in [0.25, 0.3) is 0 Å². The molecule has 1 heteroatoms. The zero-order valence-electron chi connectivity index (χ0n) is 9.89. The molecule has 0 unspecified atom stereocenters. The molecule has 4 rings (SSSR count). The van der Waals surface area contributed by atoms with Crippen molar-refractivity contribution >= 4 is 40.0 Å². The van der Waals surface area contributed by atoms with Gasteiger partial charge >= 0.3 is 0 Å². The van der Waals surface area contributed by atoms with E-state index in [1.807, 2.05) is 0 Å². The first-order valence-corrected chi connectivity index (χ1v) is 6.03. The van der Waals surface area contributed by atoms with Crippen LogP contribution >= 0.6 is 12.4 Å². The van der Waals surface area contributed by atoms with Gasteiger partial charge in [-0.15, -0.1) is 12.4 Å². The number of rotatable bonds is 0. The molecule has 0 aliphatic heterocycles. The first-order valence-electron chi connectivity index (χ1n) is 6.03. The van der Waals surface area contributed by atoms with Crippen LogP contribution in [0.1, 0.15) is 11.1 Å². The van der Waals surface area contributed by atoms with Crippen molar-refractivity contribution in [2.45, 2.75) is 6.42 Å². The van der Waals surface area contributed by atoms with Crippen molar-refractivity contribution in [1.29, 1.82) is 0 Å². The largest absolute Gasteiger partial charge is 0.147 e. The van der Waals surface area contributed by atoms with Crippen LogP contribution in [-0.2, 0) is 6.42 Å². The van der Waals surface area contributed by atoms with Gasteiger partial charge in [0.2, 0.25) is 0 Å². The van der Waals surface area contributed by atoms with Gasteiger partial charge in [0, 0.05) is 0 Å². The third-order valence-electron chi connectivity index (χ3n) is 3.67. The predicted octanol–water partition coefficient (Wildman–Crippen LogP) is 4.98. The Kier molecular flexibility index (Phi) is 2.61. The molecule has 0 heterocycles. The number of benzene rings is 3. The molecule has 88 valence electrons. The smallest absolute Gasteiger partial charge is 0.00642 e. The van der Waals surface area contributed by atoms with E-state index >= 15 is 0 Å². The van der Waals surface area contributed by atoms with Gasteiger partial charge in [-0.05, 0) is 39.1 Å². The molecule has 0 radical (unpaired) electrons. The SMILES string of the molecule is C1=Cc2ccc3ccc4ccccc4c3c2C1.Cl. The summed E-state index contributed by atoms with van der Waals surface area (Å²) in [6.07, 6.45) is 5.56. The van der Waals surface area contributed by atoms with Gasteiger partial charge in [-0.25, -0.2) is 0 Å². The van der Waals surface area contributed by atoms with Crippen LogP contribution in [0.25, 0.3) is 27.6 Å². The molecule has 0 saturated heterocycles. The van der Waals surface area contributed by atoms with Crippen molar-refractivity contribution < 1.29 is 0 Å². The lowest BCUT2D eigenvalue weighted by Gasteiger charge is -2.09. The van der Waals surface area contributed by atoms with Crippen molar-refractivity contribution in [3.63, 3.8) is 0 Å². The van der Waals surface area contributed by atoms with Crippen LogP contribution in [0.3, 0.4) is 0 Å². The van der Waals surface area contributed by atoms with Crippen molar-refractivity contribution in [3.8, 4) is 0 Å². The molecule has 0 N–H and O–H groups in total. The molecule has 0 saturated carbocycles. The van der Waals surface area contributed by atoms with Gasteiger partial charge in [-0.2, -0.15) is 0 Å². The van der Waals surface area contributed by atoms with Gasteiger partial charge in [-0.1, -0.05) is 60.7 Å². The third-order valence-corrected chi connectivity index (χ3v) is 3.67. The highest BCUT2D eigenvalue weighted by atomic mass is 35.5. The molecule has 0 fully saturated rings. The summed E-state index contributed by atoms with van der Waals surface area (Å²) in [7, 11) is 0. The van der Waals surface area contributed by atoms with Crippen molar-refractivity contribution in [3.05, 3.63) is 65.7 Å². The minimum Gasteiger partial charge on any atom is -0.147 e. The third kappa shape index (κ3) is 1.46. The average Bonchev–Trinajstić information content (AvgIpc) is 2.86. The Bertz CT molecular complexity index is 769. The van der Waals surface area contributed by atoms with E-state index in [2.05, 4.69) is 60.7 Å². The van der Waals surface area contributed by atoms with Crippen LogP contribution in [-0.4, -0.2) is 0 Å². The number of hydrogen-bond acceptors (Lipinski definition) is 0. The maximum absolute atomic E-state index is 2.26. The van der Waals surface area contributed by atoms with Crippen LogP contribution in [0.5, 0.6) is 0 Å². The molecule has 0 amide bonds. The van der Waals surface area contributed by atoms with E-state index in [-0.39, 0.29) is 12.4 Å². The van der Waals surface area contributed by atoms with Crippen LogP contribution in [0, 0.1) is 0 Å². The fourth-order valence-electron chi connectivity index (χ4n) is 2.87. The summed E-state index contributed by atoms with van der Waals surface area (Å²) in [5.41, 5.74) is 2.87. The molecule has 18 heavy (non-hydrogen) atoms. The summed E-state index contributed by atoms with van der Waals surface area (Å²) in [4.78, 5) is 0. The van der Waals surface area contributed by atoms with E-state index in [1.165, 1.54) is 32.7 Å². The molecule has 0 nitrogen and oxygen atoms in total. The normalized spacial score (nSPS) is 12.7. The summed E-state index contributed by atoms with van der Waals surface area (Å²) in [6.45, 7) is 0. The van der Waals surface area contributed by atoms with Gasteiger partial charge in [0.1, 0.15) is 0 Å². The Balaban J connectivity index is 0.000001000. The Hall–Kier alpha value is -1.79. The van der Waals surface area contributed by atoms with Crippen LogP contribution < -0.4 is 0 Å². The van der Waals surface area contributed by atoms with E-state index < -0.39 is 0 Å². The zero-order chi connectivity index (χ0) is 11.2. The van der Waals surface area contributed by atoms with E-state index in [1.54, 1.807) is 0 Å². The topological polar surface area (TPSA) is 0 Å². The molecule has 0 atom stereocenters. The number of allylic oxidation sites excluding steroid dienone is 1. The first kappa shape index (κ1) is 11.3. The number of fused-ring (bicyclic) bond motifs is 5. The molecule has 0 spiro atoms. The predicted molar refractivity (Wildman–Crippen MR) is 81.4 cm³/mol. The molecule has 0 bridgehead atoms. The molecular weight excluding hydrogens is 240 g/mol. The summed E-state index contributed by atoms with van der Waals surface area (Å²) < 4.78 is 0. The molecular formula is C17H13Cl. The second-order valence-electron chi connectivity index (χ2n) is 4.62. The van der Waals surface area contributed by atoms with E-state index in [0.29, 0.717) is 0 Å². The van der Waals surface area contributed by atoms with E-state index in [9.17, 15) is 0 Å². The Morgan fingerprint density at radius 1 is 0.778 bits per heavy atom. The molecule has 1 aliphatic rings. The second kappa shape index (κ2) is 4.15. The lowest BCUT2D eigenvalue weighted by Crippen LogP contribution is -1.86. The molecule has 0 aromatic heterocycles. The van der Waals surface area contributed by atoms with Crippen molar-refractivity contribution in [2.24, 2.45) is 0 Å². The number of hydrogen-bond donors (Lipinski definition) is 0. The zero-order valence-corrected chi connectivity index (χ0v) is 10.7. The Labute approximate surface area is 112 Å². The maximum atomic E-state index is 2.26. The first-order chi connectivity index (χ1) is 8.43. The van der Waals surface area contributed by atoms with Crippen LogP contribution in [0.15, 0.2) is 54.6 Å². The molecule has 1 aliphatic carbocycles. The second-order valence-corrected chi connectivity index (χ2v) is 4.62. The van der Waals surface area contributed by atoms with Gasteiger partial charge in [0.15, 0.2) is 0 Å². The highest BCUT2D eigenvalue weighted by Gasteiger charge is 2.11. The monoisotopic (exact) mass is 252 g/mol. The lowest BCUT2D eigenvalue weighted by molar-refractivity contribution is 1.35. The summed E-state index contributed by atoms with van der Waals surface area (Å²) in [5.74, 6) is 0. The van der Waals surface area contributed by atoms with Gasteiger partial charge in [-0.3, -0.25) is 0 Å². The fraction of sp³-hybridized carbons (Fsp3) is 0.0588. The standard InChI is InChI=1S/C17H12.ClH/c1-2-6-15-12(4-1)8-10-14-11-9-13-5-3-7-16(13)17(14)15;/h1-6,8-11H,7H2;1H. The van der Waals surface area contributed by atoms with Crippen LogP contribution in [0.2, 0.25) is 0 Å². The van der Waals surface area contributed by atoms with Gasteiger partial charge < -0.3 is 0 Å². The summed E-state index contributed by atoms with van der Waals surface area (Å²) >= 11 is 0. The molecule has 3 aromatic carbocycles. The Morgan fingerprint density at radius 2 is 1.56 bits per heavy atom. The highest BCUT2D eigenvalue weighted by Crippen LogP contribution is 2.33. The Morgan fingerprint density at radius 3 is 2.50 bits per heavy atom. The average molecular weight is 253 g/mol. The van der Waals surface area contributed by atoms with Crippen molar-refractivity contribution in [1.82, 2.24) is 0 Å². The summed E-state index contributed by atoms with van der Waals surface area (Å²) in [5, 5.41) is 5.50. The van der Waals surface area contributed by atoms with Crippen LogP contribution in [0.4, 0.5) is 0 Å². The van der Waals surface area contributed by atoms with E-state index in [0.717, 1.165) is 6.42 Å². The van der Waals surface area contributed by atoms with Crippen molar-refractivity contribution in [2.75, 3.05) is 0 Å². The van der Waals surface area contributed by atoms with Gasteiger partial charge in [0.05, 0.1) is 0 Å². The fourth-order valence-corrected chi connectivity index (χ4v) is 2.87. The minimum atomic E-state index is 0. The number of halogens is 1. The summed E-state index contributed by atoms with van der Waals surface area (Å²) in [6, 6.07) is 17.6. The highest BCUT2D eigenvalue weighted by molar-refractivity contribution is 6.10. The minimum absolute atomic E-state index is 0. The lowest BCUT2D eigenvalue weighted by atomic mass is 9.95. The quantitative estimate of drug-likeness (QED) is 0.495.